The molecule has 4 heteroatoms. The maximum atomic E-state index is 9.35. The van der Waals surface area contributed by atoms with Crippen LogP contribution in [-0.2, 0) is 0 Å². The van der Waals surface area contributed by atoms with E-state index in [1.54, 1.807) is 6.20 Å². The zero-order valence-electron chi connectivity index (χ0n) is 21.4. The zero-order chi connectivity index (χ0) is 26.6. The van der Waals surface area contributed by atoms with Gasteiger partial charge in [0.25, 0.3) is 0 Å². The van der Waals surface area contributed by atoms with Crippen molar-refractivity contribution in [2.45, 2.75) is 0 Å². The first-order valence-corrected chi connectivity index (χ1v) is 13.2. The van der Waals surface area contributed by atoms with Crippen LogP contribution < -0.4 is 0 Å². The Labute approximate surface area is 230 Å². The lowest BCUT2D eigenvalue weighted by atomic mass is 9.98. The summed E-state index contributed by atoms with van der Waals surface area (Å²) in [6, 6.07) is 44.2. The fraction of sp³-hybridized carbons (Fsp3) is 0. The minimum absolute atomic E-state index is 0.409. The number of hydrogen-bond acceptors (Lipinski definition) is 3. The Hall–Kier alpha value is -5.66. The first-order valence-electron chi connectivity index (χ1n) is 13.2. The number of aromatic nitrogens is 2. The number of benzene rings is 5. The van der Waals surface area contributed by atoms with E-state index in [1.165, 1.54) is 5.39 Å². The Morgan fingerprint density at radius 3 is 2.27 bits per heavy atom. The summed E-state index contributed by atoms with van der Waals surface area (Å²) in [6.07, 6.45) is 1.69. The van der Waals surface area contributed by atoms with Crippen molar-refractivity contribution in [1.29, 1.82) is 5.26 Å². The van der Waals surface area contributed by atoms with E-state index >= 15 is 0 Å². The number of para-hydroxylation sites is 3. The maximum Gasteiger partial charge on any atom is 0.141 e. The summed E-state index contributed by atoms with van der Waals surface area (Å²) in [7, 11) is 0. The Bertz CT molecular complexity index is 2300. The van der Waals surface area contributed by atoms with Crippen LogP contribution in [0.5, 0.6) is 0 Å². The van der Waals surface area contributed by atoms with Crippen LogP contribution in [0.2, 0.25) is 0 Å². The third-order valence-electron chi connectivity index (χ3n) is 7.70. The summed E-state index contributed by atoms with van der Waals surface area (Å²) >= 11 is 0. The van der Waals surface area contributed by atoms with Crippen LogP contribution in [-0.4, -0.2) is 9.55 Å². The lowest BCUT2D eigenvalue weighted by molar-refractivity contribution is 0.669. The van der Waals surface area contributed by atoms with Crippen LogP contribution in [0.4, 0.5) is 0 Å². The van der Waals surface area contributed by atoms with E-state index in [4.69, 9.17) is 4.42 Å². The van der Waals surface area contributed by atoms with E-state index in [2.05, 4.69) is 113 Å². The van der Waals surface area contributed by atoms with Crippen LogP contribution in [0.1, 0.15) is 5.69 Å². The number of nitrogens with zero attached hydrogens (tertiary/aromatic N) is 3. The average Bonchev–Trinajstić information content (AvgIpc) is 3.55. The maximum absolute atomic E-state index is 9.35. The highest BCUT2D eigenvalue weighted by atomic mass is 16.3. The fourth-order valence-electron chi connectivity index (χ4n) is 5.90. The van der Waals surface area contributed by atoms with Gasteiger partial charge in [0.2, 0.25) is 0 Å². The van der Waals surface area contributed by atoms with Crippen molar-refractivity contribution < 1.29 is 4.42 Å². The highest BCUT2D eigenvalue weighted by Crippen LogP contribution is 2.40. The van der Waals surface area contributed by atoms with Crippen LogP contribution >= 0.6 is 0 Å². The monoisotopic (exact) mass is 511 g/mol. The molecule has 0 amide bonds. The van der Waals surface area contributed by atoms with Crippen molar-refractivity contribution in [3.8, 4) is 34.0 Å². The van der Waals surface area contributed by atoms with Crippen molar-refractivity contribution in [2.75, 3.05) is 0 Å². The Kier molecular flexibility index (Phi) is 4.85. The first kappa shape index (κ1) is 22.3. The molecule has 5 aromatic carbocycles. The largest absolute Gasteiger partial charge is 0.456 e. The van der Waals surface area contributed by atoms with Crippen LogP contribution in [0, 0.1) is 11.3 Å². The van der Waals surface area contributed by atoms with Gasteiger partial charge in [0, 0.05) is 33.3 Å². The molecule has 3 heterocycles. The van der Waals surface area contributed by atoms with Gasteiger partial charge in [0.1, 0.15) is 22.9 Å². The summed E-state index contributed by atoms with van der Waals surface area (Å²) in [4.78, 5) is 4.14. The van der Waals surface area contributed by atoms with Gasteiger partial charge >= 0.3 is 0 Å². The highest BCUT2D eigenvalue weighted by Gasteiger charge is 2.18. The van der Waals surface area contributed by atoms with E-state index in [9.17, 15) is 5.26 Å². The summed E-state index contributed by atoms with van der Waals surface area (Å²) in [5, 5.41) is 13.9. The summed E-state index contributed by atoms with van der Waals surface area (Å²) in [5.74, 6) is 0. The van der Waals surface area contributed by atoms with E-state index in [1.807, 2.05) is 24.3 Å². The number of furan rings is 1. The van der Waals surface area contributed by atoms with Gasteiger partial charge in [-0.05, 0) is 65.2 Å². The van der Waals surface area contributed by atoms with E-state index in [0.29, 0.717) is 5.69 Å². The normalized spacial score (nSPS) is 11.5. The number of hydrogen-bond donors (Lipinski definition) is 0. The molecule has 8 aromatic rings. The molecule has 0 radical (unpaired) electrons. The van der Waals surface area contributed by atoms with Crippen LogP contribution in [0.25, 0.3) is 71.7 Å². The SMILES string of the molecule is N#Cc1cc(-c2cccc(-c3ccccc3-n3c4ccccc4c4cc5oc6ccccc6c5cc43)c2)ccn1. The van der Waals surface area contributed by atoms with Gasteiger partial charge in [0.05, 0.1) is 16.7 Å². The molecule has 3 aromatic heterocycles. The van der Waals surface area contributed by atoms with Crippen molar-refractivity contribution >= 4 is 43.7 Å². The van der Waals surface area contributed by atoms with Gasteiger partial charge in [-0.2, -0.15) is 5.26 Å². The molecular weight excluding hydrogens is 490 g/mol. The molecule has 0 saturated carbocycles. The van der Waals surface area contributed by atoms with Crippen molar-refractivity contribution in [1.82, 2.24) is 9.55 Å². The third-order valence-corrected chi connectivity index (χ3v) is 7.70. The van der Waals surface area contributed by atoms with Gasteiger partial charge in [-0.25, -0.2) is 4.98 Å². The average molecular weight is 512 g/mol. The number of nitriles is 1. The topological polar surface area (TPSA) is 54.8 Å². The van der Waals surface area contributed by atoms with Gasteiger partial charge in [0.15, 0.2) is 0 Å². The minimum atomic E-state index is 0.409. The molecule has 4 nitrogen and oxygen atoms in total. The first-order chi connectivity index (χ1) is 19.8. The van der Waals surface area contributed by atoms with Gasteiger partial charge in [-0.3, -0.25) is 0 Å². The standard InChI is InChI=1S/C36H21N3O/c37-22-26-19-24(16-17-38-26)23-8-7-9-25(18-23)27-10-1-4-13-32(27)39-33-14-5-2-11-28(33)30-21-36-31(20-34(30)39)29-12-3-6-15-35(29)40-36/h1-21H. The van der Waals surface area contributed by atoms with Crippen molar-refractivity contribution in [2.24, 2.45) is 0 Å². The van der Waals surface area contributed by atoms with Crippen LogP contribution in [0.15, 0.2) is 132 Å². The molecule has 0 bridgehead atoms. The lowest BCUT2D eigenvalue weighted by Gasteiger charge is -2.15. The second-order valence-electron chi connectivity index (χ2n) is 9.96. The van der Waals surface area contributed by atoms with E-state index in [0.717, 1.165) is 66.3 Å². The molecule has 0 spiro atoms. The van der Waals surface area contributed by atoms with Crippen molar-refractivity contribution in [3.05, 3.63) is 133 Å². The molecule has 0 aliphatic carbocycles. The summed E-state index contributed by atoms with van der Waals surface area (Å²) < 4.78 is 8.62. The summed E-state index contributed by atoms with van der Waals surface area (Å²) in [6.45, 7) is 0. The predicted molar refractivity (Wildman–Crippen MR) is 161 cm³/mol. The second kappa shape index (κ2) is 8.69. The minimum Gasteiger partial charge on any atom is -0.456 e. The van der Waals surface area contributed by atoms with Gasteiger partial charge in [-0.1, -0.05) is 72.8 Å². The smallest absolute Gasteiger partial charge is 0.141 e. The molecule has 186 valence electrons. The molecule has 8 rings (SSSR count). The number of fused-ring (bicyclic) bond motifs is 6. The fourth-order valence-corrected chi connectivity index (χ4v) is 5.90. The molecular formula is C36H21N3O. The third kappa shape index (κ3) is 3.35. The second-order valence-corrected chi connectivity index (χ2v) is 9.96. The zero-order valence-corrected chi connectivity index (χ0v) is 21.4. The molecule has 0 N–H and O–H groups in total. The van der Waals surface area contributed by atoms with Gasteiger partial charge < -0.3 is 8.98 Å². The molecule has 0 aliphatic rings. The Balaban J connectivity index is 1.40. The molecule has 0 unspecified atom stereocenters. The van der Waals surface area contributed by atoms with E-state index < -0.39 is 0 Å². The molecule has 0 fully saturated rings. The Morgan fingerprint density at radius 1 is 0.575 bits per heavy atom. The Morgan fingerprint density at radius 2 is 1.35 bits per heavy atom. The molecule has 0 saturated heterocycles. The summed E-state index contributed by atoms with van der Waals surface area (Å²) in [5.41, 5.74) is 9.82. The van der Waals surface area contributed by atoms with Crippen LogP contribution in [0.3, 0.4) is 0 Å². The quantitative estimate of drug-likeness (QED) is 0.237. The molecule has 40 heavy (non-hydrogen) atoms. The predicted octanol–water partition coefficient (Wildman–Crippen LogP) is 9.28. The van der Waals surface area contributed by atoms with Gasteiger partial charge in [-0.15, -0.1) is 0 Å². The molecule has 0 atom stereocenters. The lowest BCUT2D eigenvalue weighted by Crippen LogP contribution is -1.97. The molecule has 0 aliphatic heterocycles. The van der Waals surface area contributed by atoms with E-state index in [-0.39, 0.29) is 0 Å². The van der Waals surface area contributed by atoms with Crippen molar-refractivity contribution in [3.63, 3.8) is 0 Å². The number of rotatable bonds is 3. The number of pyridine rings is 1. The highest BCUT2D eigenvalue weighted by molar-refractivity contribution is 6.17.